The van der Waals surface area contributed by atoms with Crippen molar-refractivity contribution >= 4 is 24.8 Å². The molecule has 0 saturated carbocycles. The van der Waals surface area contributed by atoms with Crippen molar-refractivity contribution in [2.45, 2.75) is 25.5 Å². The molecular formula is C25H36Cl2N2O4. The number of rotatable bonds is 8. The lowest BCUT2D eigenvalue weighted by molar-refractivity contribution is 0.0203. The molecule has 1 N–H and O–H groups in total. The fourth-order valence-corrected chi connectivity index (χ4v) is 4.71. The third-order valence-electron chi connectivity index (χ3n) is 6.33. The normalized spacial score (nSPS) is 17.9. The monoisotopic (exact) mass is 498 g/mol. The Balaban J connectivity index is 0.00000193. The molecule has 2 aliphatic heterocycles. The molecular weight excluding hydrogens is 463 g/mol. The Morgan fingerprint density at radius 2 is 1.58 bits per heavy atom. The van der Waals surface area contributed by atoms with E-state index in [4.69, 9.17) is 18.9 Å². The summed E-state index contributed by atoms with van der Waals surface area (Å²) in [6, 6.07) is 14.7. The van der Waals surface area contributed by atoms with Crippen LogP contribution in [0.5, 0.6) is 17.2 Å². The Hall–Kier alpha value is -1.70. The first kappa shape index (κ1) is 27.5. The van der Waals surface area contributed by atoms with Crippen LogP contribution >= 0.6 is 24.8 Å². The van der Waals surface area contributed by atoms with Crippen molar-refractivity contribution in [3.8, 4) is 17.2 Å². The number of piperazine rings is 1. The van der Waals surface area contributed by atoms with E-state index >= 15 is 0 Å². The summed E-state index contributed by atoms with van der Waals surface area (Å²) >= 11 is 0. The van der Waals surface area contributed by atoms with Gasteiger partial charge in [-0.05, 0) is 30.4 Å². The Labute approximate surface area is 209 Å². The first-order valence-electron chi connectivity index (χ1n) is 11.3. The summed E-state index contributed by atoms with van der Waals surface area (Å²) in [6.45, 7) is 6.22. The highest BCUT2D eigenvalue weighted by Gasteiger charge is 2.34. The van der Waals surface area contributed by atoms with Crippen LogP contribution in [0.15, 0.2) is 42.5 Å². The summed E-state index contributed by atoms with van der Waals surface area (Å²) in [5.41, 5.74) is 2.33. The van der Waals surface area contributed by atoms with Crippen molar-refractivity contribution in [2.75, 3.05) is 53.6 Å². The van der Waals surface area contributed by atoms with Gasteiger partial charge in [0.25, 0.3) is 0 Å². The molecule has 2 aromatic carbocycles. The molecule has 8 heteroatoms. The minimum absolute atomic E-state index is 0. The van der Waals surface area contributed by atoms with Gasteiger partial charge in [0.2, 0.25) is 0 Å². The fourth-order valence-electron chi connectivity index (χ4n) is 4.71. The van der Waals surface area contributed by atoms with Gasteiger partial charge in [-0.1, -0.05) is 30.3 Å². The van der Waals surface area contributed by atoms with E-state index in [-0.39, 0.29) is 30.9 Å². The standard InChI is InChI=1S/C25H34N2O4.2ClH/c1-28-23-16-21(22(17-24(23)29-2)31-18-19-6-4-3-5-7-19)25(20-8-14-30-15-9-20)27-12-10-26-11-13-27;;/h3-7,16-17,20,25-26H,8-15,18H2,1-2H3;2*1H/t25-;;/m1../s1. The van der Waals surface area contributed by atoms with Gasteiger partial charge in [-0.2, -0.15) is 0 Å². The van der Waals surface area contributed by atoms with E-state index in [0.717, 1.165) is 69.3 Å². The van der Waals surface area contributed by atoms with E-state index < -0.39 is 0 Å². The summed E-state index contributed by atoms with van der Waals surface area (Å²) in [7, 11) is 3.37. The average molecular weight is 499 g/mol. The van der Waals surface area contributed by atoms with E-state index in [0.29, 0.717) is 18.3 Å². The third kappa shape index (κ3) is 6.90. The second-order valence-electron chi connectivity index (χ2n) is 8.20. The van der Waals surface area contributed by atoms with Gasteiger partial charge in [-0.15, -0.1) is 24.8 Å². The molecule has 0 amide bonds. The Kier molecular flexibility index (Phi) is 11.6. The van der Waals surface area contributed by atoms with Crippen LogP contribution in [0.4, 0.5) is 0 Å². The van der Waals surface area contributed by atoms with E-state index in [1.54, 1.807) is 14.2 Å². The lowest BCUT2D eigenvalue weighted by Crippen LogP contribution is -2.47. The number of nitrogens with one attached hydrogen (secondary N) is 1. The summed E-state index contributed by atoms with van der Waals surface area (Å²) in [4.78, 5) is 2.60. The van der Waals surface area contributed by atoms with Crippen LogP contribution in [0, 0.1) is 5.92 Å². The van der Waals surface area contributed by atoms with Crippen LogP contribution in [-0.2, 0) is 11.3 Å². The number of methoxy groups -OCH3 is 2. The molecule has 33 heavy (non-hydrogen) atoms. The third-order valence-corrected chi connectivity index (χ3v) is 6.33. The predicted molar refractivity (Wildman–Crippen MR) is 136 cm³/mol. The van der Waals surface area contributed by atoms with E-state index in [2.05, 4.69) is 28.4 Å². The van der Waals surface area contributed by atoms with Gasteiger partial charge in [-0.25, -0.2) is 0 Å². The number of ether oxygens (including phenoxy) is 4. The van der Waals surface area contributed by atoms with Crippen LogP contribution in [0.3, 0.4) is 0 Å². The van der Waals surface area contributed by atoms with Crippen LogP contribution in [0.1, 0.15) is 30.0 Å². The highest BCUT2D eigenvalue weighted by molar-refractivity contribution is 5.85. The largest absolute Gasteiger partial charge is 0.493 e. The summed E-state index contributed by atoms with van der Waals surface area (Å²) in [5, 5.41) is 3.48. The molecule has 4 rings (SSSR count). The molecule has 0 unspecified atom stereocenters. The number of hydrogen-bond acceptors (Lipinski definition) is 6. The van der Waals surface area contributed by atoms with Gasteiger partial charge in [0, 0.05) is 57.1 Å². The molecule has 0 aromatic heterocycles. The Bertz CT molecular complexity index is 811. The molecule has 184 valence electrons. The number of hydrogen-bond donors (Lipinski definition) is 1. The van der Waals surface area contributed by atoms with E-state index in [9.17, 15) is 0 Å². The lowest BCUT2D eigenvalue weighted by Gasteiger charge is -2.41. The van der Waals surface area contributed by atoms with Gasteiger partial charge < -0.3 is 24.3 Å². The first-order valence-corrected chi connectivity index (χ1v) is 11.3. The molecule has 1 atom stereocenters. The highest BCUT2D eigenvalue weighted by atomic mass is 35.5. The van der Waals surface area contributed by atoms with Crippen molar-refractivity contribution in [1.29, 1.82) is 0 Å². The Morgan fingerprint density at radius 1 is 0.939 bits per heavy atom. The van der Waals surface area contributed by atoms with E-state index in [1.807, 2.05) is 24.3 Å². The molecule has 0 bridgehead atoms. The molecule has 2 fully saturated rings. The number of nitrogens with zero attached hydrogens (tertiary/aromatic N) is 1. The van der Waals surface area contributed by atoms with Crippen molar-refractivity contribution in [3.05, 3.63) is 53.6 Å². The van der Waals surface area contributed by atoms with Crippen LogP contribution in [-0.4, -0.2) is 58.5 Å². The van der Waals surface area contributed by atoms with E-state index in [1.165, 1.54) is 5.56 Å². The maximum Gasteiger partial charge on any atom is 0.164 e. The first-order chi connectivity index (χ1) is 15.3. The van der Waals surface area contributed by atoms with Crippen LogP contribution < -0.4 is 19.5 Å². The topological polar surface area (TPSA) is 52.2 Å². The van der Waals surface area contributed by atoms with Crippen molar-refractivity contribution < 1.29 is 18.9 Å². The van der Waals surface area contributed by atoms with Gasteiger partial charge >= 0.3 is 0 Å². The zero-order valence-electron chi connectivity index (χ0n) is 19.5. The van der Waals surface area contributed by atoms with Crippen LogP contribution in [0.2, 0.25) is 0 Å². The van der Waals surface area contributed by atoms with Gasteiger partial charge in [0.15, 0.2) is 11.5 Å². The molecule has 2 aromatic rings. The highest BCUT2D eigenvalue weighted by Crippen LogP contribution is 2.44. The van der Waals surface area contributed by atoms with Gasteiger partial charge in [0.05, 0.1) is 14.2 Å². The smallest absolute Gasteiger partial charge is 0.164 e. The molecule has 0 aliphatic carbocycles. The lowest BCUT2D eigenvalue weighted by atomic mass is 9.85. The maximum atomic E-state index is 6.42. The number of benzene rings is 2. The quantitative estimate of drug-likeness (QED) is 0.578. The molecule has 0 radical (unpaired) electrons. The molecule has 2 aliphatic rings. The van der Waals surface area contributed by atoms with Gasteiger partial charge in [0.1, 0.15) is 12.4 Å². The van der Waals surface area contributed by atoms with Crippen molar-refractivity contribution in [2.24, 2.45) is 5.92 Å². The zero-order valence-corrected chi connectivity index (χ0v) is 21.1. The zero-order chi connectivity index (χ0) is 21.5. The number of halogens is 2. The minimum Gasteiger partial charge on any atom is -0.493 e. The predicted octanol–water partition coefficient (Wildman–Crippen LogP) is 4.50. The second-order valence-corrected chi connectivity index (χ2v) is 8.20. The maximum absolute atomic E-state index is 6.42. The van der Waals surface area contributed by atoms with Crippen LogP contribution in [0.25, 0.3) is 0 Å². The average Bonchev–Trinajstić information content (AvgIpc) is 2.85. The van der Waals surface area contributed by atoms with Crippen molar-refractivity contribution in [3.63, 3.8) is 0 Å². The molecule has 0 spiro atoms. The summed E-state index contributed by atoms with van der Waals surface area (Å²) < 4.78 is 23.4. The SMILES string of the molecule is COc1cc(OCc2ccccc2)c([C@@H](C2CCOCC2)N2CCNCC2)cc1OC.Cl.Cl. The molecule has 2 heterocycles. The second kappa shape index (κ2) is 13.9. The summed E-state index contributed by atoms with van der Waals surface area (Å²) in [6.07, 6.45) is 2.11. The Morgan fingerprint density at radius 3 is 2.21 bits per heavy atom. The minimum atomic E-state index is 0. The van der Waals surface area contributed by atoms with Crippen molar-refractivity contribution in [1.82, 2.24) is 10.2 Å². The molecule has 2 saturated heterocycles. The fraction of sp³-hybridized carbons (Fsp3) is 0.520. The summed E-state index contributed by atoms with van der Waals surface area (Å²) in [5.74, 6) is 2.83. The van der Waals surface area contributed by atoms with Gasteiger partial charge in [-0.3, -0.25) is 4.90 Å². The molecule has 6 nitrogen and oxygen atoms in total.